The van der Waals surface area contributed by atoms with Crippen molar-refractivity contribution in [1.82, 2.24) is 0 Å². The highest BCUT2D eigenvalue weighted by Gasteiger charge is 2.15. The predicted octanol–water partition coefficient (Wildman–Crippen LogP) is 3.99. The first-order valence-corrected chi connectivity index (χ1v) is 7.35. The minimum atomic E-state index is -0.381. The van der Waals surface area contributed by atoms with Crippen LogP contribution in [0.15, 0.2) is 18.2 Å². The van der Waals surface area contributed by atoms with E-state index in [9.17, 15) is 10.1 Å². The van der Waals surface area contributed by atoms with Gasteiger partial charge in [-0.05, 0) is 25.7 Å². The predicted molar refractivity (Wildman–Crippen MR) is 79.3 cm³/mol. The van der Waals surface area contributed by atoms with Gasteiger partial charge in [0.2, 0.25) is 0 Å². The van der Waals surface area contributed by atoms with E-state index in [1.54, 1.807) is 0 Å². The average Bonchev–Trinajstić information content (AvgIpc) is 2.46. The molecule has 1 aromatic carbocycles. The van der Waals surface area contributed by atoms with Crippen LogP contribution in [0.5, 0.6) is 5.75 Å². The van der Waals surface area contributed by atoms with Gasteiger partial charge < -0.3 is 10.1 Å². The van der Waals surface area contributed by atoms with Crippen molar-refractivity contribution in [3.8, 4) is 5.75 Å². The van der Waals surface area contributed by atoms with Crippen molar-refractivity contribution in [2.24, 2.45) is 5.92 Å². The summed E-state index contributed by atoms with van der Waals surface area (Å²) in [6.07, 6.45) is 6.26. The molecular formula is C15H22N2O3. The third kappa shape index (κ3) is 4.11. The Labute approximate surface area is 119 Å². The van der Waals surface area contributed by atoms with Crippen LogP contribution in [0.2, 0.25) is 0 Å². The van der Waals surface area contributed by atoms with E-state index < -0.39 is 0 Å². The van der Waals surface area contributed by atoms with Crippen LogP contribution in [0.1, 0.15) is 39.0 Å². The molecule has 0 spiro atoms. The van der Waals surface area contributed by atoms with E-state index in [1.165, 1.54) is 44.2 Å². The summed E-state index contributed by atoms with van der Waals surface area (Å²) in [5, 5.41) is 14.0. The van der Waals surface area contributed by atoms with Gasteiger partial charge in [0.05, 0.1) is 17.6 Å². The monoisotopic (exact) mass is 278 g/mol. The Morgan fingerprint density at radius 3 is 2.70 bits per heavy atom. The Balaban J connectivity index is 2.03. The minimum absolute atomic E-state index is 0.0714. The van der Waals surface area contributed by atoms with Crippen molar-refractivity contribution in [3.05, 3.63) is 28.3 Å². The zero-order valence-corrected chi connectivity index (χ0v) is 11.9. The van der Waals surface area contributed by atoms with Crippen LogP contribution in [0.3, 0.4) is 0 Å². The summed E-state index contributed by atoms with van der Waals surface area (Å²) >= 11 is 0. The zero-order chi connectivity index (χ0) is 14.4. The van der Waals surface area contributed by atoms with Crippen LogP contribution in [-0.4, -0.2) is 18.1 Å². The van der Waals surface area contributed by atoms with Crippen LogP contribution in [0, 0.1) is 16.0 Å². The lowest BCUT2D eigenvalue weighted by molar-refractivity contribution is -0.384. The quantitative estimate of drug-likeness (QED) is 0.631. The fraction of sp³-hybridized carbons (Fsp3) is 0.600. The first kappa shape index (κ1) is 14.6. The number of nitrogens with one attached hydrogen (secondary N) is 1. The van der Waals surface area contributed by atoms with E-state index in [-0.39, 0.29) is 10.6 Å². The highest BCUT2D eigenvalue weighted by Crippen LogP contribution is 2.28. The van der Waals surface area contributed by atoms with Gasteiger partial charge in [0.15, 0.2) is 0 Å². The zero-order valence-electron chi connectivity index (χ0n) is 11.9. The maximum absolute atomic E-state index is 10.9. The first-order valence-electron chi connectivity index (χ1n) is 7.35. The number of ether oxygens (including phenoxy) is 1. The van der Waals surface area contributed by atoms with Gasteiger partial charge in [0, 0.05) is 24.4 Å². The largest absolute Gasteiger partial charge is 0.493 e. The second-order valence-electron chi connectivity index (χ2n) is 5.32. The molecule has 1 saturated carbocycles. The lowest BCUT2D eigenvalue weighted by Gasteiger charge is -2.21. The molecule has 0 heterocycles. The lowest BCUT2D eigenvalue weighted by Crippen LogP contribution is -2.15. The molecule has 110 valence electrons. The Hall–Kier alpha value is -1.78. The molecule has 2 rings (SSSR count). The van der Waals surface area contributed by atoms with Crippen molar-refractivity contribution in [2.75, 3.05) is 18.5 Å². The molecule has 0 amide bonds. The third-order valence-corrected chi connectivity index (χ3v) is 3.69. The molecule has 0 saturated heterocycles. The summed E-state index contributed by atoms with van der Waals surface area (Å²) in [6.45, 7) is 3.34. The number of anilines is 1. The lowest BCUT2D eigenvalue weighted by atomic mass is 9.90. The van der Waals surface area contributed by atoms with Crippen LogP contribution < -0.4 is 10.1 Å². The Kier molecular flexibility index (Phi) is 5.21. The van der Waals surface area contributed by atoms with Crippen LogP contribution in [-0.2, 0) is 0 Å². The molecule has 0 aromatic heterocycles. The molecule has 5 nitrogen and oxygen atoms in total. The van der Waals surface area contributed by atoms with Gasteiger partial charge in [-0.3, -0.25) is 10.1 Å². The van der Waals surface area contributed by atoms with E-state index in [2.05, 4.69) is 5.32 Å². The SMILES string of the molecule is CCNc1cc(OCC2CCCCC2)cc([N+](=O)[O-])c1. The molecule has 0 aliphatic heterocycles. The Morgan fingerprint density at radius 1 is 1.30 bits per heavy atom. The molecular weight excluding hydrogens is 256 g/mol. The van der Waals surface area contributed by atoms with E-state index in [0.717, 1.165) is 12.2 Å². The summed E-state index contributed by atoms with van der Waals surface area (Å²) in [7, 11) is 0. The second kappa shape index (κ2) is 7.12. The van der Waals surface area contributed by atoms with Crippen molar-refractivity contribution in [3.63, 3.8) is 0 Å². The summed E-state index contributed by atoms with van der Waals surface area (Å²) < 4.78 is 5.78. The van der Waals surface area contributed by atoms with E-state index in [0.29, 0.717) is 18.3 Å². The molecule has 1 aliphatic carbocycles. The highest BCUT2D eigenvalue weighted by molar-refractivity contribution is 5.56. The number of non-ortho nitro benzene ring substituents is 1. The topological polar surface area (TPSA) is 64.4 Å². The fourth-order valence-corrected chi connectivity index (χ4v) is 2.65. The van der Waals surface area contributed by atoms with Crippen LogP contribution in [0.25, 0.3) is 0 Å². The highest BCUT2D eigenvalue weighted by atomic mass is 16.6. The number of rotatable bonds is 6. The summed E-state index contributed by atoms with van der Waals surface area (Å²) in [5.74, 6) is 1.17. The fourth-order valence-electron chi connectivity index (χ4n) is 2.65. The van der Waals surface area contributed by atoms with E-state index in [1.807, 2.05) is 13.0 Å². The number of benzene rings is 1. The van der Waals surface area contributed by atoms with E-state index >= 15 is 0 Å². The number of nitro groups is 1. The third-order valence-electron chi connectivity index (χ3n) is 3.69. The summed E-state index contributed by atoms with van der Waals surface area (Å²) in [4.78, 5) is 10.6. The number of nitro benzene ring substituents is 1. The number of hydrogen-bond acceptors (Lipinski definition) is 4. The maximum Gasteiger partial charge on any atom is 0.275 e. The molecule has 0 radical (unpaired) electrons. The molecule has 1 fully saturated rings. The second-order valence-corrected chi connectivity index (χ2v) is 5.32. The Bertz CT molecular complexity index is 456. The first-order chi connectivity index (χ1) is 9.69. The normalized spacial score (nSPS) is 15.8. The van der Waals surface area contributed by atoms with Crippen molar-refractivity contribution < 1.29 is 9.66 Å². The molecule has 0 bridgehead atoms. The minimum Gasteiger partial charge on any atom is -0.493 e. The molecule has 20 heavy (non-hydrogen) atoms. The summed E-state index contributed by atoms with van der Waals surface area (Å²) in [6, 6.07) is 4.87. The molecule has 1 aromatic rings. The van der Waals surface area contributed by atoms with Crippen LogP contribution >= 0.6 is 0 Å². The average molecular weight is 278 g/mol. The molecule has 5 heteroatoms. The van der Waals surface area contributed by atoms with Gasteiger partial charge in [0.25, 0.3) is 5.69 Å². The van der Waals surface area contributed by atoms with Gasteiger partial charge in [0.1, 0.15) is 5.75 Å². The van der Waals surface area contributed by atoms with Gasteiger partial charge in [-0.2, -0.15) is 0 Å². The van der Waals surface area contributed by atoms with Gasteiger partial charge in [-0.1, -0.05) is 19.3 Å². The molecule has 1 aliphatic rings. The van der Waals surface area contributed by atoms with Crippen molar-refractivity contribution >= 4 is 11.4 Å². The van der Waals surface area contributed by atoms with Gasteiger partial charge in [-0.15, -0.1) is 0 Å². The smallest absolute Gasteiger partial charge is 0.275 e. The number of nitrogens with zero attached hydrogens (tertiary/aromatic N) is 1. The Morgan fingerprint density at radius 2 is 2.05 bits per heavy atom. The molecule has 1 N–H and O–H groups in total. The van der Waals surface area contributed by atoms with Gasteiger partial charge in [-0.25, -0.2) is 0 Å². The van der Waals surface area contributed by atoms with Gasteiger partial charge >= 0.3 is 0 Å². The standard InChI is InChI=1S/C15H22N2O3/c1-2-16-13-8-14(17(18)19)10-15(9-13)20-11-12-6-4-3-5-7-12/h8-10,12,16H,2-7,11H2,1H3. The molecule has 0 atom stereocenters. The van der Waals surface area contributed by atoms with Crippen molar-refractivity contribution in [2.45, 2.75) is 39.0 Å². The van der Waals surface area contributed by atoms with Crippen molar-refractivity contribution in [1.29, 1.82) is 0 Å². The summed E-state index contributed by atoms with van der Waals surface area (Å²) in [5.41, 5.74) is 0.808. The molecule has 0 unspecified atom stereocenters. The maximum atomic E-state index is 10.9. The van der Waals surface area contributed by atoms with Crippen LogP contribution in [0.4, 0.5) is 11.4 Å². The van der Waals surface area contributed by atoms with E-state index in [4.69, 9.17) is 4.74 Å². The number of hydrogen-bond donors (Lipinski definition) is 1.